The van der Waals surface area contributed by atoms with Crippen LogP contribution in [-0.2, 0) is 9.13 Å². The van der Waals surface area contributed by atoms with Crippen molar-refractivity contribution in [1.29, 1.82) is 0 Å². The highest BCUT2D eigenvalue weighted by atomic mass is 32.2. The van der Waals surface area contributed by atoms with Gasteiger partial charge in [-0.3, -0.25) is 0 Å². The third-order valence-corrected chi connectivity index (χ3v) is 2.34. The highest BCUT2D eigenvalue weighted by Crippen LogP contribution is 2.23. The van der Waals surface area contributed by atoms with Crippen LogP contribution >= 0.6 is 12.0 Å². The van der Waals surface area contributed by atoms with Gasteiger partial charge in [-0.05, 0) is 17.7 Å². The van der Waals surface area contributed by atoms with Gasteiger partial charge in [-0.25, -0.2) is 0 Å². The van der Waals surface area contributed by atoms with E-state index in [1.807, 2.05) is 0 Å². The fraction of sp³-hybridized carbons (Fsp3) is 0.364. The SMILES string of the molecule is CSOOc1ccc([C@@H](O)[C@@H](C)C=O)cc1. The molecule has 0 bridgehead atoms. The summed E-state index contributed by atoms with van der Waals surface area (Å²) < 4.78 is 4.69. The first-order valence-corrected chi connectivity index (χ1v) is 5.94. The van der Waals surface area contributed by atoms with Gasteiger partial charge in [0.2, 0.25) is 0 Å². The minimum Gasteiger partial charge on any atom is -0.388 e. The van der Waals surface area contributed by atoms with Crippen LogP contribution in [0.3, 0.4) is 0 Å². The average Bonchev–Trinajstić information content (AvgIpc) is 2.35. The van der Waals surface area contributed by atoms with E-state index in [1.165, 1.54) is 0 Å². The lowest BCUT2D eigenvalue weighted by atomic mass is 9.99. The number of benzene rings is 1. The van der Waals surface area contributed by atoms with E-state index in [4.69, 9.17) is 4.89 Å². The Kier molecular flexibility index (Phi) is 5.31. The number of aldehydes is 1. The molecule has 0 aliphatic carbocycles. The fourth-order valence-corrected chi connectivity index (χ4v) is 1.32. The molecule has 0 aliphatic rings. The zero-order valence-electron chi connectivity index (χ0n) is 9.12. The number of hydrogen-bond donors (Lipinski definition) is 1. The van der Waals surface area contributed by atoms with E-state index in [0.29, 0.717) is 11.3 Å². The van der Waals surface area contributed by atoms with Crippen LogP contribution in [0.5, 0.6) is 5.75 Å². The lowest BCUT2D eigenvalue weighted by molar-refractivity contribution is -0.113. The number of aliphatic hydroxyl groups is 1. The highest BCUT2D eigenvalue weighted by molar-refractivity contribution is 7.93. The predicted octanol–water partition coefficient (Wildman–Crippen LogP) is 2.14. The molecule has 2 atom stereocenters. The zero-order valence-corrected chi connectivity index (χ0v) is 9.94. The molecule has 1 rings (SSSR count). The Morgan fingerprint density at radius 2 is 2.00 bits per heavy atom. The highest BCUT2D eigenvalue weighted by Gasteiger charge is 2.15. The van der Waals surface area contributed by atoms with Crippen molar-refractivity contribution in [3.05, 3.63) is 29.8 Å². The topological polar surface area (TPSA) is 55.8 Å². The largest absolute Gasteiger partial charge is 0.388 e. The van der Waals surface area contributed by atoms with Crippen molar-refractivity contribution >= 4 is 18.3 Å². The molecule has 0 aliphatic heterocycles. The molecule has 0 spiro atoms. The molecule has 0 radical (unpaired) electrons. The van der Waals surface area contributed by atoms with Crippen LogP contribution < -0.4 is 4.89 Å². The van der Waals surface area contributed by atoms with Gasteiger partial charge >= 0.3 is 0 Å². The van der Waals surface area contributed by atoms with Crippen molar-refractivity contribution in [3.8, 4) is 5.75 Å². The Morgan fingerprint density at radius 3 is 2.50 bits per heavy atom. The molecule has 1 aromatic carbocycles. The van der Waals surface area contributed by atoms with Gasteiger partial charge in [0.15, 0.2) is 5.75 Å². The molecule has 0 heterocycles. The quantitative estimate of drug-likeness (QED) is 0.358. The first kappa shape index (κ1) is 13.0. The number of carbonyl (C=O) groups excluding carboxylic acids is 1. The van der Waals surface area contributed by atoms with Crippen molar-refractivity contribution < 1.29 is 19.1 Å². The maximum atomic E-state index is 10.5. The van der Waals surface area contributed by atoms with Gasteiger partial charge in [0.1, 0.15) is 6.29 Å². The molecule has 0 aromatic heterocycles. The van der Waals surface area contributed by atoms with Crippen LogP contribution in [-0.4, -0.2) is 17.6 Å². The second-order valence-corrected chi connectivity index (χ2v) is 3.80. The molecule has 0 fully saturated rings. The van der Waals surface area contributed by atoms with Crippen molar-refractivity contribution in [2.24, 2.45) is 5.92 Å². The second kappa shape index (κ2) is 6.52. The summed E-state index contributed by atoms with van der Waals surface area (Å²) in [5.41, 5.74) is 0.677. The van der Waals surface area contributed by atoms with Gasteiger partial charge in [0.05, 0.1) is 6.10 Å². The minimum absolute atomic E-state index is 0.422. The van der Waals surface area contributed by atoms with E-state index in [1.54, 1.807) is 37.4 Å². The van der Waals surface area contributed by atoms with Crippen LogP contribution in [0.1, 0.15) is 18.6 Å². The monoisotopic (exact) mass is 242 g/mol. The van der Waals surface area contributed by atoms with Gasteiger partial charge in [0.25, 0.3) is 0 Å². The van der Waals surface area contributed by atoms with Gasteiger partial charge in [-0.1, -0.05) is 19.1 Å². The molecule has 0 saturated heterocycles. The molecule has 1 N–H and O–H groups in total. The van der Waals surface area contributed by atoms with E-state index < -0.39 is 12.0 Å². The predicted molar refractivity (Wildman–Crippen MR) is 61.9 cm³/mol. The summed E-state index contributed by atoms with van der Waals surface area (Å²) in [7, 11) is 0. The van der Waals surface area contributed by atoms with Gasteiger partial charge in [-0.2, -0.15) is 0 Å². The number of carbonyl (C=O) groups is 1. The molecule has 5 heteroatoms. The smallest absolute Gasteiger partial charge is 0.166 e. The lowest BCUT2D eigenvalue weighted by Crippen LogP contribution is -2.09. The van der Waals surface area contributed by atoms with E-state index in [0.717, 1.165) is 18.3 Å². The Labute approximate surface area is 98.7 Å². The van der Waals surface area contributed by atoms with Crippen LogP contribution in [0.4, 0.5) is 0 Å². The molecule has 0 amide bonds. The number of aliphatic hydroxyl groups excluding tert-OH is 1. The fourth-order valence-electron chi connectivity index (χ4n) is 1.17. The molecule has 88 valence electrons. The first-order chi connectivity index (χ1) is 7.69. The first-order valence-electron chi connectivity index (χ1n) is 4.79. The Hall–Kier alpha value is -1.04. The number of hydrogen-bond acceptors (Lipinski definition) is 5. The summed E-state index contributed by atoms with van der Waals surface area (Å²) in [6.45, 7) is 1.67. The molecular weight excluding hydrogens is 228 g/mol. The second-order valence-electron chi connectivity index (χ2n) is 3.33. The Morgan fingerprint density at radius 1 is 1.38 bits per heavy atom. The Bertz CT molecular complexity index is 325. The van der Waals surface area contributed by atoms with Crippen LogP contribution in [0.15, 0.2) is 24.3 Å². The maximum absolute atomic E-state index is 10.5. The third-order valence-electron chi connectivity index (χ3n) is 2.13. The molecular formula is C11H14O4S. The third kappa shape index (κ3) is 3.52. The summed E-state index contributed by atoms with van der Waals surface area (Å²) >= 11 is 1.10. The van der Waals surface area contributed by atoms with Crippen LogP contribution in [0.25, 0.3) is 0 Å². The molecule has 4 nitrogen and oxygen atoms in total. The van der Waals surface area contributed by atoms with Crippen molar-refractivity contribution in [2.45, 2.75) is 13.0 Å². The van der Waals surface area contributed by atoms with E-state index in [-0.39, 0.29) is 0 Å². The van der Waals surface area contributed by atoms with Gasteiger partial charge < -0.3 is 14.8 Å². The van der Waals surface area contributed by atoms with E-state index in [2.05, 4.69) is 4.33 Å². The molecule has 16 heavy (non-hydrogen) atoms. The summed E-state index contributed by atoms with van der Waals surface area (Å²) in [4.78, 5) is 15.4. The van der Waals surface area contributed by atoms with E-state index >= 15 is 0 Å². The normalized spacial score (nSPS) is 14.2. The summed E-state index contributed by atoms with van der Waals surface area (Å²) in [5.74, 6) is 0.123. The minimum atomic E-state index is -0.784. The van der Waals surface area contributed by atoms with Crippen LogP contribution in [0, 0.1) is 5.92 Å². The van der Waals surface area contributed by atoms with Gasteiger partial charge in [0, 0.05) is 24.2 Å². The summed E-state index contributed by atoms with van der Waals surface area (Å²) in [6.07, 6.45) is 1.68. The zero-order chi connectivity index (χ0) is 12.0. The summed E-state index contributed by atoms with van der Waals surface area (Å²) in [5, 5.41) is 9.75. The number of rotatable bonds is 6. The summed E-state index contributed by atoms with van der Waals surface area (Å²) in [6, 6.07) is 6.74. The maximum Gasteiger partial charge on any atom is 0.166 e. The van der Waals surface area contributed by atoms with Crippen molar-refractivity contribution in [1.82, 2.24) is 0 Å². The Balaban J connectivity index is 2.66. The molecule has 1 aromatic rings. The molecule has 0 saturated carbocycles. The van der Waals surface area contributed by atoms with Gasteiger partial charge in [-0.15, -0.1) is 4.33 Å². The van der Waals surface area contributed by atoms with E-state index in [9.17, 15) is 9.90 Å². The lowest BCUT2D eigenvalue weighted by Gasteiger charge is -2.13. The van der Waals surface area contributed by atoms with Crippen molar-refractivity contribution in [3.63, 3.8) is 0 Å². The molecule has 0 unspecified atom stereocenters. The average molecular weight is 242 g/mol. The standard InChI is InChI=1S/C11H14O4S/c1-8(7-12)11(13)9-3-5-10(6-4-9)14-15-16-2/h3-8,11,13H,1-2H3/t8-,11-/m0/s1. The van der Waals surface area contributed by atoms with Crippen LogP contribution in [0.2, 0.25) is 0 Å². The van der Waals surface area contributed by atoms with Crippen molar-refractivity contribution in [2.75, 3.05) is 6.26 Å².